The third-order valence-corrected chi connectivity index (χ3v) is 13.2. The number of benzene rings is 1. The van der Waals surface area contributed by atoms with Crippen LogP contribution in [-0.2, 0) is 0 Å². The van der Waals surface area contributed by atoms with Crippen molar-refractivity contribution < 1.29 is 19.2 Å². The molecule has 4 aromatic rings. The number of hydrogen-bond donors (Lipinski definition) is 3. The molecule has 3 N–H and O–H groups in total. The molecular weight excluding hydrogens is 833 g/mol. The van der Waals surface area contributed by atoms with Gasteiger partial charge in [-0.1, -0.05) is 31.2 Å². The molecule has 5 amide bonds. The third-order valence-electron chi connectivity index (χ3n) is 13.2. The number of allylic oxidation sites excluding steroid dienone is 4. The van der Waals surface area contributed by atoms with E-state index in [0.29, 0.717) is 72.5 Å². The summed E-state index contributed by atoms with van der Waals surface area (Å²) in [6.07, 6.45) is 15.7. The molecule has 0 radical (unpaired) electrons. The van der Waals surface area contributed by atoms with Crippen LogP contribution in [0.1, 0.15) is 99.3 Å². The summed E-state index contributed by atoms with van der Waals surface area (Å²) < 4.78 is 0. The topological polar surface area (TPSA) is 213 Å². The summed E-state index contributed by atoms with van der Waals surface area (Å²) >= 11 is 0. The maximum Gasteiger partial charge on any atom is 0.320 e. The smallest absolute Gasteiger partial charge is 0.320 e. The van der Waals surface area contributed by atoms with Crippen LogP contribution in [0.15, 0.2) is 90.9 Å². The number of aromatic nitrogens is 4. The van der Waals surface area contributed by atoms with Crippen LogP contribution in [0.2, 0.25) is 0 Å². The Morgan fingerprint density at radius 2 is 1.55 bits per heavy atom. The van der Waals surface area contributed by atoms with E-state index in [1.54, 1.807) is 42.7 Å². The Bertz CT molecular complexity index is 2580. The molecule has 1 aliphatic carbocycles. The average Bonchev–Trinajstić information content (AvgIpc) is 3.35. The van der Waals surface area contributed by atoms with Crippen molar-refractivity contribution >= 4 is 41.1 Å². The molecule has 2 unspecified atom stereocenters. The lowest BCUT2D eigenvalue weighted by atomic mass is 9.84. The Balaban J connectivity index is 0.736. The molecular formula is C50H54N12O4. The van der Waals surface area contributed by atoms with E-state index in [1.165, 1.54) is 11.8 Å². The number of hydrogen-bond acceptors (Lipinski definition) is 11. The van der Waals surface area contributed by atoms with Crippen molar-refractivity contribution in [3.05, 3.63) is 124 Å². The number of carbonyl (C=O) groups excluding carboxylic acids is 4. The summed E-state index contributed by atoms with van der Waals surface area (Å²) in [4.78, 5) is 67.8. The molecule has 3 fully saturated rings. The maximum absolute atomic E-state index is 13.5. The summed E-state index contributed by atoms with van der Waals surface area (Å²) in [5.41, 5.74) is 5.42. The average molecular weight is 887 g/mol. The first-order valence-electron chi connectivity index (χ1n) is 22.8. The zero-order valence-electron chi connectivity index (χ0n) is 37.3. The van der Waals surface area contributed by atoms with E-state index in [-0.39, 0.29) is 41.3 Å². The van der Waals surface area contributed by atoms with E-state index >= 15 is 0 Å². The lowest BCUT2D eigenvalue weighted by Gasteiger charge is -2.41. The zero-order chi connectivity index (χ0) is 46.2. The second-order valence-corrected chi connectivity index (χ2v) is 17.9. The van der Waals surface area contributed by atoms with Gasteiger partial charge in [-0.3, -0.25) is 24.7 Å². The lowest BCUT2D eigenvalue weighted by molar-refractivity contribution is 0.0698. The highest BCUT2D eigenvalue weighted by molar-refractivity contribution is 6.05. The maximum atomic E-state index is 13.5. The van der Waals surface area contributed by atoms with Gasteiger partial charge in [0.05, 0.1) is 34.9 Å². The van der Waals surface area contributed by atoms with E-state index in [2.05, 4.69) is 72.2 Å². The van der Waals surface area contributed by atoms with E-state index in [4.69, 9.17) is 10.5 Å². The molecule has 16 heteroatoms. The molecule has 8 rings (SSSR count). The van der Waals surface area contributed by atoms with Crippen molar-refractivity contribution in [1.82, 2.24) is 35.3 Å². The number of urea groups is 1. The van der Waals surface area contributed by atoms with Gasteiger partial charge in [0.2, 0.25) is 0 Å². The molecule has 4 aliphatic rings. The number of likely N-dealkylation sites (tertiary alicyclic amines) is 2. The van der Waals surface area contributed by atoms with Gasteiger partial charge in [-0.25, -0.2) is 9.78 Å². The Kier molecular flexibility index (Phi) is 14.1. The molecule has 3 aliphatic heterocycles. The molecule has 3 saturated heterocycles. The molecule has 3 aromatic heterocycles. The number of piperidine rings is 2. The monoisotopic (exact) mass is 886 g/mol. The minimum absolute atomic E-state index is 0.0598. The van der Waals surface area contributed by atoms with Gasteiger partial charge in [-0.2, -0.15) is 15.6 Å². The second kappa shape index (κ2) is 20.6. The molecule has 338 valence electrons. The van der Waals surface area contributed by atoms with Crippen molar-refractivity contribution in [3.63, 3.8) is 0 Å². The molecule has 0 saturated carbocycles. The molecule has 66 heavy (non-hydrogen) atoms. The largest absolute Gasteiger partial charge is 0.356 e. The van der Waals surface area contributed by atoms with Crippen LogP contribution in [0.3, 0.4) is 0 Å². The summed E-state index contributed by atoms with van der Waals surface area (Å²) in [5, 5.41) is 34.8. The Hall–Kier alpha value is -7.46. The van der Waals surface area contributed by atoms with Crippen molar-refractivity contribution in [3.8, 4) is 12.1 Å². The van der Waals surface area contributed by atoms with Gasteiger partial charge in [0.1, 0.15) is 11.9 Å². The number of nitriles is 2. The standard InChI is InChI=1S/C50H54N12O4/c1-32(26-55-50(66)58-45-23-42(29-56-59-45)49(65)61-17-13-38(14-18-61)37-8-4-34(24-51)5-9-37)21-36-30-62(31-36)46-12-10-41(28-54-46)47(63)57-44-22-40(7-3-33(44)2)48(64)60-19-15-39(16-20-60)43-11-6-35(25-52)27-53-43/h3-4,6-12,22-23,27-29,32,34,36,38-39H,5,13-21,26,30-31H2,1-2H3,(H,57,63)(H2,55,58,59,66). The Morgan fingerprint density at radius 3 is 2.20 bits per heavy atom. The summed E-state index contributed by atoms with van der Waals surface area (Å²) in [6.45, 7) is 8.49. The number of nitrogens with one attached hydrogen (secondary N) is 3. The van der Waals surface area contributed by atoms with Crippen LogP contribution in [0.5, 0.6) is 0 Å². The van der Waals surface area contributed by atoms with Crippen molar-refractivity contribution in [2.24, 2.45) is 23.7 Å². The number of nitrogens with zero attached hydrogens (tertiary/aromatic N) is 9. The van der Waals surface area contributed by atoms with Crippen LogP contribution in [-0.4, -0.2) is 99.5 Å². The highest BCUT2D eigenvalue weighted by Crippen LogP contribution is 2.32. The predicted molar refractivity (Wildman–Crippen MR) is 248 cm³/mol. The van der Waals surface area contributed by atoms with Crippen LogP contribution >= 0.6 is 0 Å². The fraction of sp³-hybridized carbons (Fsp3) is 0.400. The number of pyridine rings is 2. The minimum Gasteiger partial charge on any atom is -0.356 e. The van der Waals surface area contributed by atoms with Crippen LogP contribution in [0, 0.1) is 53.3 Å². The molecule has 6 heterocycles. The molecule has 1 aromatic carbocycles. The van der Waals surface area contributed by atoms with Gasteiger partial charge in [-0.15, -0.1) is 5.10 Å². The van der Waals surface area contributed by atoms with Crippen molar-refractivity contribution in [2.75, 3.05) is 61.3 Å². The summed E-state index contributed by atoms with van der Waals surface area (Å²) in [7, 11) is 0. The van der Waals surface area contributed by atoms with Gasteiger partial charge in [0.25, 0.3) is 17.7 Å². The number of amides is 5. The lowest BCUT2D eigenvalue weighted by Crippen LogP contribution is -2.48. The van der Waals surface area contributed by atoms with E-state index in [0.717, 1.165) is 68.7 Å². The quantitative estimate of drug-likeness (QED) is 0.133. The number of carbonyl (C=O) groups is 4. The Labute approximate surface area is 384 Å². The van der Waals surface area contributed by atoms with E-state index in [9.17, 15) is 19.2 Å². The second-order valence-electron chi connectivity index (χ2n) is 17.9. The minimum atomic E-state index is -0.416. The number of anilines is 3. The van der Waals surface area contributed by atoms with Crippen LogP contribution < -0.4 is 20.9 Å². The van der Waals surface area contributed by atoms with Crippen LogP contribution in [0.4, 0.5) is 22.1 Å². The highest BCUT2D eigenvalue weighted by atomic mass is 16.2. The SMILES string of the molecule is Cc1ccc(C(=O)N2CCC(c3ccc(C#N)cn3)CC2)cc1NC(=O)c1ccc(N2CC(CC(C)CNC(=O)Nc3cc(C(=O)N4CCC(C5=CCC(C#N)C=C5)CC4)cnn3)C2)nc1. The highest BCUT2D eigenvalue weighted by Gasteiger charge is 2.31. The van der Waals surface area contributed by atoms with Crippen LogP contribution in [0.25, 0.3) is 0 Å². The first-order valence-corrected chi connectivity index (χ1v) is 22.8. The normalized spacial score (nSPS) is 18.3. The fourth-order valence-electron chi connectivity index (χ4n) is 9.23. The first-order chi connectivity index (χ1) is 32.0. The molecule has 0 spiro atoms. The zero-order valence-corrected chi connectivity index (χ0v) is 37.3. The predicted octanol–water partition coefficient (Wildman–Crippen LogP) is 6.88. The van der Waals surface area contributed by atoms with Crippen molar-refractivity contribution in [2.45, 2.75) is 58.3 Å². The number of rotatable bonds is 12. The van der Waals surface area contributed by atoms with Gasteiger partial charge in [0, 0.05) is 81.1 Å². The molecule has 16 nitrogen and oxygen atoms in total. The first kappa shape index (κ1) is 45.1. The van der Waals surface area contributed by atoms with Gasteiger partial charge >= 0.3 is 6.03 Å². The van der Waals surface area contributed by atoms with Gasteiger partial charge in [0.15, 0.2) is 5.82 Å². The van der Waals surface area contributed by atoms with Gasteiger partial charge < -0.3 is 25.3 Å². The Morgan fingerprint density at radius 1 is 0.818 bits per heavy atom. The fourth-order valence-corrected chi connectivity index (χ4v) is 9.23. The molecule has 0 bridgehead atoms. The summed E-state index contributed by atoms with van der Waals surface area (Å²) in [5.74, 6) is 1.62. The summed E-state index contributed by atoms with van der Waals surface area (Å²) in [6, 6.07) is 18.2. The molecule has 2 atom stereocenters. The van der Waals surface area contributed by atoms with E-state index < -0.39 is 6.03 Å². The van der Waals surface area contributed by atoms with E-state index in [1.807, 2.05) is 41.0 Å². The third kappa shape index (κ3) is 10.9. The van der Waals surface area contributed by atoms with Gasteiger partial charge in [-0.05, 0) is 117 Å². The number of aryl methyl sites for hydroxylation is 1. The van der Waals surface area contributed by atoms with Crippen molar-refractivity contribution in [1.29, 1.82) is 10.5 Å².